The van der Waals surface area contributed by atoms with Crippen LogP contribution in [0, 0.1) is 17.2 Å². The SMILES string of the molecule is COCO[C@H]1C[C@H](C#N)[C@H](N=[N+]=[N-])C[C@@H]1N=[N+]=[N-]. The van der Waals surface area contributed by atoms with Crippen molar-refractivity contribution < 1.29 is 9.47 Å². The van der Waals surface area contributed by atoms with Gasteiger partial charge in [0.05, 0.1) is 30.2 Å². The third-order valence-corrected chi connectivity index (χ3v) is 2.83. The Morgan fingerprint density at radius 1 is 1.28 bits per heavy atom. The molecule has 1 saturated carbocycles. The van der Waals surface area contributed by atoms with E-state index < -0.39 is 24.1 Å². The molecule has 0 heterocycles. The largest absolute Gasteiger partial charge is 0.359 e. The van der Waals surface area contributed by atoms with Crippen LogP contribution in [0.15, 0.2) is 10.2 Å². The summed E-state index contributed by atoms with van der Waals surface area (Å²) in [7, 11) is 1.48. The van der Waals surface area contributed by atoms with E-state index >= 15 is 0 Å². The highest BCUT2D eigenvalue weighted by molar-refractivity contribution is 5.02. The van der Waals surface area contributed by atoms with E-state index in [1.165, 1.54) is 7.11 Å². The quantitative estimate of drug-likeness (QED) is 0.320. The van der Waals surface area contributed by atoms with Crippen LogP contribution in [0.4, 0.5) is 0 Å². The first kappa shape index (κ1) is 14.1. The summed E-state index contributed by atoms with van der Waals surface area (Å²) in [6.07, 6.45) is 0.268. The second-order valence-electron chi connectivity index (χ2n) is 3.86. The van der Waals surface area contributed by atoms with Gasteiger partial charge in [0.2, 0.25) is 0 Å². The molecule has 18 heavy (non-hydrogen) atoms. The lowest BCUT2D eigenvalue weighted by Crippen LogP contribution is -2.41. The van der Waals surface area contributed by atoms with Crippen LogP contribution in [0.25, 0.3) is 20.9 Å². The highest BCUT2D eigenvalue weighted by Crippen LogP contribution is 2.31. The summed E-state index contributed by atoms with van der Waals surface area (Å²) in [4.78, 5) is 5.46. The number of hydrogen-bond acceptors (Lipinski definition) is 5. The van der Waals surface area contributed by atoms with Crippen LogP contribution in [0.1, 0.15) is 12.8 Å². The topological polar surface area (TPSA) is 140 Å². The van der Waals surface area contributed by atoms with Crippen molar-refractivity contribution in [1.82, 2.24) is 0 Å². The zero-order chi connectivity index (χ0) is 13.4. The number of ether oxygens (including phenoxy) is 2. The van der Waals surface area contributed by atoms with Gasteiger partial charge in [-0.25, -0.2) is 0 Å². The van der Waals surface area contributed by atoms with Crippen molar-refractivity contribution >= 4 is 0 Å². The number of nitrogens with zero attached hydrogens (tertiary/aromatic N) is 7. The molecule has 1 rings (SSSR count). The molecule has 9 heteroatoms. The number of azide groups is 2. The van der Waals surface area contributed by atoms with Gasteiger partial charge in [-0.1, -0.05) is 10.2 Å². The molecule has 0 aliphatic heterocycles. The van der Waals surface area contributed by atoms with Gasteiger partial charge in [-0.2, -0.15) is 5.26 Å². The molecule has 1 fully saturated rings. The molecule has 0 N–H and O–H groups in total. The summed E-state index contributed by atoms with van der Waals surface area (Å²) in [6, 6.07) is 1.15. The Hall–Kier alpha value is -1.97. The van der Waals surface area contributed by atoms with Gasteiger partial charge in [0, 0.05) is 16.9 Å². The Bertz CT molecular complexity index is 408. The third-order valence-electron chi connectivity index (χ3n) is 2.83. The Labute approximate surface area is 104 Å². The van der Waals surface area contributed by atoms with Crippen LogP contribution >= 0.6 is 0 Å². The summed E-state index contributed by atoms with van der Waals surface area (Å²) in [5.74, 6) is -0.437. The van der Waals surface area contributed by atoms with E-state index in [-0.39, 0.29) is 6.79 Å². The molecule has 9 nitrogen and oxygen atoms in total. The maximum atomic E-state index is 9.02. The van der Waals surface area contributed by atoms with Gasteiger partial charge >= 0.3 is 0 Å². The molecule has 0 spiro atoms. The van der Waals surface area contributed by atoms with Gasteiger partial charge in [0.25, 0.3) is 0 Å². The van der Waals surface area contributed by atoms with E-state index in [2.05, 4.69) is 26.1 Å². The van der Waals surface area contributed by atoms with Crippen LogP contribution in [0.2, 0.25) is 0 Å². The van der Waals surface area contributed by atoms with Crippen molar-refractivity contribution in [3.05, 3.63) is 20.9 Å². The maximum Gasteiger partial charge on any atom is 0.146 e. The minimum atomic E-state index is -0.488. The van der Waals surface area contributed by atoms with Crippen molar-refractivity contribution in [3.8, 4) is 6.07 Å². The van der Waals surface area contributed by atoms with Crippen LogP contribution < -0.4 is 0 Å². The molecule has 4 atom stereocenters. The third kappa shape index (κ3) is 3.52. The standard InChI is InChI=1S/C9H13N7O2/c1-17-5-18-9-2-6(4-10)7(13-15-11)3-8(9)14-16-12/h6-9H,2-3,5H2,1H3/t6-,7-,8+,9+/m1/s1. The molecule has 0 unspecified atom stereocenters. The number of rotatable bonds is 5. The van der Waals surface area contributed by atoms with Gasteiger partial charge in [0.1, 0.15) is 6.79 Å². The molecule has 0 bridgehead atoms. The Kier molecular flexibility index (Phi) is 5.77. The number of hydrogen-bond donors (Lipinski definition) is 0. The Morgan fingerprint density at radius 2 is 1.94 bits per heavy atom. The first-order chi connectivity index (χ1) is 8.76. The molecule has 0 radical (unpaired) electrons. The van der Waals surface area contributed by atoms with Gasteiger partial charge in [-0.3, -0.25) is 0 Å². The van der Waals surface area contributed by atoms with E-state index in [0.717, 1.165) is 0 Å². The van der Waals surface area contributed by atoms with Crippen molar-refractivity contribution in [2.45, 2.75) is 31.0 Å². The molecule has 0 aromatic carbocycles. The minimum Gasteiger partial charge on any atom is -0.359 e. The lowest BCUT2D eigenvalue weighted by atomic mass is 9.81. The lowest BCUT2D eigenvalue weighted by Gasteiger charge is -2.34. The normalized spacial score (nSPS) is 30.7. The Morgan fingerprint density at radius 3 is 2.50 bits per heavy atom. The van der Waals surface area contributed by atoms with E-state index in [1.807, 2.05) is 0 Å². The highest BCUT2D eigenvalue weighted by Gasteiger charge is 2.37. The average Bonchev–Trinajstić information content (AvgIpc) is 2.38. The molecule has 1 aliphatic carbocycles. The molecule has 0 saturated heterocycles. The predicted molar refractivity (Wildman–Crippen MR) is 61.0 cm³/mol. The van der Waals surface area contributed by atoms with Gasteiger partial charge in [0.15, 0.2) is 0 Å². The fourth-order valence-electron chi connectivity index (χ4n) is 1.98. The zero-order valence-corrected chi connectivity index (χ0v) is 9.88. The van der Waals surface area contributed by atoms with Crippen LogP contribution in [0.5, 0.6) is 0 Å². The molecule has 0 aromatic heterocycles. The van der Waals surface area contributed by atoms with E-state index in [9.17, 15) is 0 Å². The van der Waals surface area contributed by atoms with E-state index in [1.54, 1.807) is 0 Å². The van der Waals surface area contributed by atoms with Gasteiger partial charge in [-0.05, 0) is 23.9 Å². The van der Waals surface area contributed by atoms with Crippen molar-refractivity contribution in [1.29, 1.82) is 5.26 Å². The zero-order valence-electron chi connectivity index (χ0n) is 9.88. The van der Waals surface area contributed by atoms with Crippen molar-refractivity contribution in [2.24, 2.45) is 16.1 Å². The molecular formula is C9H13N7O2. The first-order valence-electron chi connectivity index (χ1n) is 5.35. The monoisotopic (exact) mass is 251 g/mol. The smallest absolute Gasteiger partial charge is 0.146 e. The molecule has 96 valence electrons. The summed E-state index contributed by atoms with van der Waals surface area (Å²) in [6.45, 7) is 0.0620. The van der Waals surface area contributed by atoms with Gasteiger partial charge in [-0.15, -0.1) is 0 Å². The molecule has 0 aromatic rings. The molecule has 0 amide bonds. The minimum absolute atomic E-state index is 0.0620. The molecule has 1 aliphatic rings. The van der Waals surface area contributed by atoms with Crippen molar-refractivity contribution in [3.63, 3.8) is 0 Å². The van der Waals surface area contributed by atoms with Gasteiger partial charge < -0.3 is 9.47 Å². The number of nitriles is 1. The van der Waals surface area contributed by atoms with Crippen LogP contribution in [-0.2, 0) is 9.47 Å². The maximum absolute atomic E-state index is 9.02. The van der Waals surface area contributed by atoms with E-state index in [4.69, 9.17) is 25.8 Å². The summed E-state index contributed by atoms with van der Waals surface area (Å²) in [5.41, 5.74) is 17.0. The summed E-state index contributed by atoms with van der Waals surface area (Å²) < 4.78 is 10.2. The average molecular weight is 251 g/mol. The summed E-state index contributed by atoms with van der Waals surface area (Å²) >= 11 is 0. The first-order valence-corrected chi connectivity index (χ1v) is 5.35. The van der Waals surface area contributed by atoms with E-state index in [0.29, 0.717) is 12.8 Å². The van der Waals surface area contributed by atoms with Crippen molar-refractivity contribution in [2.75, 3.05) is 13.9 Å². The highest BCUT2D eigenvalue weighted by atomic mass is 16.7. The fourth-order valence-corrected chi connectivity index (χ4v) is 1.98. The van der Waals surface area contributed by atoms with Crippen LogP contribution in [-0.4, -0.2) is 32.1 Å². The number of methoxy groups -OCH3 is 1. The van der Waals surface area contributed by atoms with Crippen LogP contribution in [0.3, 0.4) is 0 Å². The fraction of sp³-hybridized carbons (Fsp3) is 0.889. The predicted octanol–water partition coefficient (Wildman–Crippen LogP) is 2.27. The molecular weight excluding hydrogens is 238 g/mol. The summed E-state index contributed by atoms with van der Waals surface area (Å²) in [5, 5.41) is 16.2. The lowest BCUT2D eigenvalue weighted by molar-refractivity contribution is -0.0935. The second kappa shape index (κ2) is 7.37. The Balaban J connectivity index is 2.82. The second-order valence-corrected chi connectivity index (χ2v) is 3.86.